The van der Waals surface area contributed by atoms with Gasteiger partial charge in [-0.05, 0) is 43.2 Å². The average Bonchev–Trinajstić information content (AvgIpc) is 2.85. The fourth-order valence-electron chi connectivity index (χ4n) is 2.46. The zero-order valence-electron chi connectivity index (χ0n) is 11.9. The van der Waals surface area contributed by atoms with Crippen molar-refractivity contribution in [1.82, 2.24) is 5.32 Å². The van der Waals surface area contributed by atoms with E-state index in [1.165, 1.54) is 24.3 Å². The van der Waals surface area contributed by atoms with Crippen LogP contribution in [0.15, 0.2) is 24.3 Å². The molecule has 0 aromatic heterocycles. The third kappa shape index (κ3) is 4.63. The number of hydrogen-bond acceptors (Lipinski definition) is 3. The smallest absolute Gasteiger partial charge is 0.387 e. The summed E-state index contributed by atoms with van der Waals surface area (Å²) in [5.74, 6) is 1.17. The molecule has 0 spiro atoms. The van der Waals surface area contributed by atoms with E-state index >= 15 is 0 Å². The number of nitrogens with one attached hydrogen (secondary N) is 1. The minimum absolute atomic E-state index is 0.208. The van der Waals surface area contributed by atoms with Gasteiger partial charge in [-0.3, -0.25) is 0 Å². The molecule has 2 atom stereocenters. The first-order chi connectivity index (χ1) is 9.80. The molecule has 0 amide bonds. The quantitative estimate of drug-likeness (QED) is 0.869. The van der Waals surface area contributed by atoms with Crippen molar-refractivity contribution in [2.75, 3.05) is 18.8 Å². The summed E-state index contributed by atoms with van der Waals surface area (Å²) in [6.07, 6.45) is -2.76. The molecule has 0 bridgehead atoms. The Morgan fingerprint density at radius 1 is 1.33 bits per heavy atom. The predicted octanol–water partition coefficient (Wildman–Crippen LogP) is 3.61. The van der Waals surface area contributed by atoms with Crippen molar-refractivity contribution >= 4 is 11.8 Å². The Bertz CT molecular complexity index is 455. The van der Waals surface area contributed by atoms with Crippen molar-refractivity contribution < 1.29 is 18.3 Å². The lowest BCUT2D eigenvalue weighted by Gasteiger charge is -2.24. The van der Waals surface area contributed by atoms with Crippen molar-refractivity contribution in [3.63, 3.8) is 0 Å². The van der Waals surface area contributed by atoms with Gasteiger partial charge in [0.2, 0.25) is 0 Å². The van der Waals surface area contributed by atoms with Gasteiger partial charge in [0.05, 0.1) is 11.7 Å². The Labute approximate surface area is 127 Å². The molecule has 2 rings (SSSR count). The largest absolute Gasteiger partial charge is 0.416 e. The van der Waals surface area contributed by atoms with Crippen LogP contribution in [-0.2, 0) is 6.18 Å². The van der Waals surface area contributed by atoms with Crippen LogP contribution in [0.5, 0.6) is 0 Å². The second kappa shape index (κ2) is 6.58. The number of aliphatic hydroxyl groups is 1. The minimum atomic E-state index is -4.34. The van der Waals surface area contributed by atoms with Crippen LogP contribution in [0.1, 0.15) is 37.0 Å². The van der Waals surface area contributed by atoms with Gasteiger partial charge >= 0.3 is 6.18 Å². The van der Waals surface area contributed by atoms with Gasteiger partial charge < -0.3 is 10.4 Å². The Kier molecular flexibility index (Phi) is 5.22. The number of aliphatic hydroxyl groups excluding tert-OH is 1. The number of rotatable bonds is 5. The van der Waals surface area contributed by atoms with Gasteiger partial charge in [0.15, 0.2) is 0 Å². The van der Waals surface area contributed by atoms with Crippen LogP contribution in [0.4, 0.5) is 13.2 Å². The standard InChI is InChI=1S/C15H20F3NOS/c1-14(7-2-8-21-14)10-19-9-13(20)11-3-5-12(6-4-11)15(16,17)18/h3-6,13,19-20H,2,7-10H2,1H3. The molecular formula is C15H20F3NOS. The minimum Gasteiger partial charge on any atom is -0.387 e. The fourth-order valence-corrected chi connectivity index (χ4v) is 3.74. The van der Waals surface area contributed by atoms with Gasteiger partial charge in [0, 0.05) is 17.8 Å². The van der Waals surface area contributed by atoms with Crippen molar-refractivity contribution in [2.45, 2.75) is 36.8 Å². The van der Waals surface area contributed by atoms with Crippen LogP contribution < -0.4 is 5.32 Å². The molecule has 0 aliphatic carbocycles. The summed E-state index contributed by atoms with van der Waals surface area (Å²) >= 11 is 1.93. The molecule has 1 heterocycles. The monoisotopic (exact) mass is 319 g/mol. The first-order valence-corrected chi connectivity index (χ1v) is 7.99. The molecule has 1 aromatic carbocycles. The van der Waals surface area contributed by atoms with E-state index in [1.54, 1.807) is 0 Å². The van der Waals surface area contributed by atoms with Crippen molar-refractivity contribution in [2.24, 2.45) is 0 Å². The summed E-state index contributed by atoms with van der Waals surface area (Å²) in [5, 5.41) is 13.2. The number of alkyl halides is 3. The number of hydrogen-bond donors (Lipinski definition) is 2. The Morgan fingerprint density at radius 3 is 2.52 bits per heavy atom. The van der Waals surface area contributed by atoms with E-state index in [9.17, 15) is 18.3 Å². The van der Waals surface area contributed by atoms with E-state index in [-0.39, 0.29) is 4.75 Å². The molecule has 0 saturated carbocycles. The van der Waals surface area contributed by atoms with E-state index in [0.717, 1.165) is 25.1 Å². The zero-order valence-corrected chi connectivity index (χ0v) is 12.7. The molecule has 118 valence electrons. The van der Waals surface area contributed by atoms with E-state index in [1.807, 2.05) is 11.8 Å². The molecule has 1 aromatic rings. The average molecular weight is 319 g/mol. The van der Waals surface area contributed by atoms with E-state index in [0.29, 0.717) is 12.1 Å². The summed E-state index contributed by atoms with van der Waals surface area (Å²) in [5.41, 5.74) is -0.194. The van der Waals surface area contributed by atoms with Crippen LogP contribution in [0.3, 0.4) is 0 Å². The van der Waals surface area contributed by atoms with Gasteiger partial charge in [-0.1, -0.05) is 12.1 Å². The lowest BCUT2D eigenvalue weighted by Crippen LogP contribution is -2.35. The molecule has 2 unspecified atom stereocenters. The van der Waals surface area contributed by atoms with Crippen molar-refractivity contribution in [1.29, 1.82) is 0 Å². The fraction of sp³-hybridized carbons (Fsp3) is 0.600. The normalized spacial score (nSPS) is 24.2. The highest BCUT2D eigenvalue weighted by Gasteiger charge is 2.30. The van der Waals surface area contributed by atoms with Gasteiger partial charge in [0.25, 0.3) is 0 Å². The molecule has 1 aliphatic rings. The molecule has 2 N–H and O–H groups in total. The van der Waals surface area contributed by atoms with Gasteiger partial charge in [-0.25, -0.2) is 0 Å². The maximum atomic E-state index is 12.5. The molecule has 0 radical (unpaired) electrons. The highest BCUT2D eigenvalue weighted by molar-refractivity contribution is 8.00. The van der Waals surface area contributed by atoms with Gasteiger partial charge in [0.1, 0.15) is 0 Å². The lowest BCUT2D eigenvalue weighted by atomic mass is 10.0. The molecule has 6 heteroatoms. The Morgan fingerprint density at radius 2 is 2.00 bits per heavy atom. The van der Waals surface area contributed by atoms with Crippen LogP contribution in [0.25, 0.3) is 0 Å². The van der Waals surface area contributed by atoms with Gasteiger partial charge in [-0.2, -0.15) is 24.9 Å². The van der Waals surface area contributed by atoms with Crippen molar-refractivity contribution in [3.05, 3.63) is 35.4 Å². The Balaban J connectivity index is 1.84. The highest BCUT2D eigenvalue weighted by atomic mass is 32.2. The van der Waals surface area contributed by atoms with Crippen LogP contribution in [0.2, 0.25) is 0 Å². The topological polar surface area (TPSA) is 32.3 Å². The van der Waals surface area contributed by atoms with E-state index < -0.39 is 17.8 Å². The lowest BCUT2D eigenvalue weighted by molar-refractivity contribution is -0.137. The summed E-state index contributed by atoms with van der Waals surface area (Å²) in [6.45, 7) is 3.35. The number of benzene rings is 1. The maximum absolute atomic E-state index is 12.5. The maximum Gasteiger partial charge on any atom is 0.416 e. The van der Waals surface area contributed by atoms with E-state index in [4.69, 9.17) is 0 Å². The predicted molar refractivity (Wildman–Crippen MR) is 79.4 cm³/mol. The molecule has 1 fully saturated rings. The highest BCUT2D eigenvalue weighted by Crippen LogP contribution is 2.37. The second-order valence-corrected chi connectivity index (χ2v) is 7.35. The van der Waals surface area contributed by atoms with Crippen LogP contribution in [0, 0.1) is 0 Å². The summed E-state index contributed by atoms with van der Waals surface area (Å²) in [4.78, 5) is 0. The summed E-state index contributed by atoms with van der Waals surface area (Å²) in [6, 6.07) is 4.68. The number of thioether (sulfide) groups is 1. The van der Waals surface area contributed by atoms with Crippen molar-refractivity contribution in [3.8, 4) is 0 Å². The Hall–Kier alpha value is -0.720. The molecule has 1 aliphatic heterocycles. The summed E-state index contributed by atoms with van der Waals surface area (Å²) < 4.78 is 37.6. The van der Waals surface area contributed by atoms with Crippen LogP contribution in [-0.4, -0.2) is 28.7 Å². The van der Waals surface area contributed by atoms with E-state index in [2.05, 4.69) is 12.2 Å². The second-order valence-electron chi connectivity index (χ2n) is 5.67. The third-order valence-corrected chi connectivity index (χ3v) is 5.30. The SMILES string of the molecule is CC1(CNCC(O)c2ccc(C(F)(F)F)cc2)CCCS1. The first-order valence-electron chi connectivity index (χ1n) is 7.00. The molecule has 2 nitrogen and oxygen atoms in total. The zero-order chi connectivity index (χ0) is 15.5. The molecule has 1 saturated heterocycles. The van der Waals surface area contributed by atoms with Gasteiger partial charge in [-0.15, -0.1) is 0 Å². The van der Waals surface area contributed by atoms with Crippen LogP contribution >= 0.6 is 11.8 Å². The number of halogens is 3. The molecular weight excluding hydrogens is 299 g/mol. The third-order valence-electron chi connectivity index (χ3n) is 3.76. The molecule has 21 heavy (non-hydrogen) atoms. The first kappa shape index (κ1) is 16.6. The summed E-state index contributed by atoms with van der Waals surface area (Å²) in [7, 11) is 0.